The standard InChI is InChI=1S/C30H37N5O5/c1-30(2)18-24-28(26(36)19-30)29(21-7-5-8-22(17-21)35(38)39)34(25-10-4-3-9-23(25)32-24)20-27(37)31-11-6-12-33-13-15-40-16-14-33/h3-5,7-10,17,29,32H,6,11-16,18-20H2,1-2H3,(H,31,37). The van der Waals surface area contributed by atoms with E-state index in [4.69, 9.17) is 4.74 Å². The molecule has 0 spiro atoms. The topological polar surface area (TPSA) is 117 Å². The van der Waals surface area contributed by atoms with Crippen molar-refractivity contribution in [3.05, 3.63) is 75.5 Å². The maximum absolute atomic E-state index is 13.8. The van der Waals surface area contributed by atoms with Gasteiger partial charge in [-0.2, -0.15) is 0 Å². The van der Waals surface area contributed by atoms with Crippen molar-refractivity contribution < 1.29 is 19.2 Å². The first-order valence-electron chi connectivity index (χ1n) is 13.9. The normalized spacial score (nSPS) is 20.7. The maximum atomic E-state index is 13.8. The average Bonchev–Trinajstić information content (AvgIpc) is 3.05. The van der Waals surface area contributed by atoms with Gasteiger partial charge in [-0.1, -0.05) is 38.1 Å². The highest BCUT2D eigenvalue weighted by Crippen LogP contribution is 2.48. The van der Waals surface area contributed by atoms with E-state index >= 15 is 0 Å². The number of allylic oxidation sites excluding steroid dienone is 1. The highest BCUT2D eigenvalue weighted by atomic mass is 16.6. The number of benzene rings is 2. The Hall–Kier alpha value is -3.76. The van der Waals surface area contributed by atoms with Crippen LogP contribution >= 0.6 is 0 Å². The molecule has 0 radical (unpaired) electrons. The van der Waals surface area contributed by atoms with Gasteiger partial charge in [-0.15, -0.1) is 0 Å². The Morgan fingerprint density at radius 1 is 1.15 bits per heavy atom. The summed E-state index contributed by atoms with van der Waals surface area (Å²) in [6, 6.07) is 13.4. The minimum absolute atomic E-state index is 0.00292. The molecule has 1 unspecified atom stereocenters. The molecule has 10 heteroatoms. The lowest BCUT2D eigenvalue weighted by molar-refractivity contribution is -0.384. The lowest BCUT2D eigenvalue weighted by Gasteiger charge is -2.37. The molecule has 2 aromatic carbocycles. The molecule has 1 atom stereocenters. The largest absolute Gasteiger partial charge is 0.379 e. The van der Waals surface area contributed by atoms with Gasteiger partial charge >= 0.3 is 0 Å². The van der Waals surface area contributed by atoms with Gasteiger partial charge in [0.05, 0.1) is 42.1 Å². The highest BCUT2D eigenvalue weighted by molar-refractivity contribution is 6.02. The summed E-state index contributed by atoms with van der Waals surface area (Å²) in [5, 5.41) is 18.2. The van der Waals surface area contributed by atoms with Crippen LogP contribution in [0, 0.1) is 15.5 Å². The predicted molar refractivity (Wildman–Crippen MR) is 153 cm³/mol. The van der Waals surface area contributed by atoms with E-state index in [0.717, 1.165) is 56.3 Å². The van der Waals surface area contributed by atoms with Gasteiger partial charge in [0.15, 0.2) is 5.78 Å². The van der Waals surface area contributed by atoms with Gasteiger partial charge in [-0.3, -0.25) is 24.6 Å². The second kappa shape index (κ2) is 11.8. The van der Waals surface area contributed by atoms with Crippen molar-refractivity contribution in [2.24, 2.45) is 5.41 Å². The number of morpholine rings is 1. The molecule has 0 aromatic heterocycles. The molecule has 1 saturated heterocycles. The number of nitrogens with one attached hydrogen (secondary N) is 2. The first-order chi connectivity index (χ1) is 19.2. The van der Waals surface area contributed by atoms with Gasteiger partial charge in [0.2, 0.25) is 5.91 Å². The zero-order chi connectivity index (χ0) is 28.3. The number of nitrogens with zero attached hydrogens (tertiary/aromatic N) is 3. The predicted octanol–water partition coefficient (Wildman–Crippen LogP) is 4.05. The summed E-state index contributed by atoms with van der Waals surface area (Å²) in [6.45, 7) is 8.83. The summed E-state index contributed by atoms with van der Waals surface area (Å²) in [7, 11) is 0. The molecule has 2 aromatic rings. The molecule has 2 aliphatic heterocycles. The van der Waals surface area contributed by atoms with E-state index in [-0.39, 0.29) is 29.3 Å². The van der Waals surface area contributed by atoms with Gasteiger partial charge in [0.1, 0.15) is 0 Å². The molecule has 0 bridgehead atoms. The number of para-hydroxylation sites is 2. The van der Waals surface area contributed by atoms with Gasteiger partial charge < -0.3 is 20.3 Å². The van der Waals surface area contributed by atoms with E-state index in [1.54, 1.807) is 12.1 Å². The number of anilines is 2. The molecule has 1 amide bonds. The van der Waals surface area contributed by atoms with E-state index < -0.39 is 11.0 Å². The van der Waals surface area contributed by atoms with E-state index in [1.807, 2.05) is 29.2 Å². The lowest BCUT2D eigenvalue weighted by atomic mass is 9.73. The number of amides is 1. The number of ketones is 1. The van der Waals surface area contributed by atoms with Crippen molar-refractivity contribution in [1.82, 2.24) is 10.2 Å². The fraction of sp³-hybridized carbons (Fsp3) is 0.467. The lowest BCUT2D eigenvalue weighted by Crippen LogP contribution is -2.43. The Labute approximate surface area is 234 Å². The van der Waals surface area contributed by atoms with E-state index in [0.29, 0.717) is 30.5 Å². The summed E-state index contributed by atoms with van der Waals surface area (Å²) in [5.74, 6) is -0.182. The zero-order valence-electron chi connectivity index (χ0n) is 23.2. The van der Waals surface area contributed by atoms with E-state index in [2.05, 4.69) is 29.4 Å². The SMILES string of the molecule is CC1(C)CC(=O)C2=C(C1)Nc1ccccc1N(CC(=O)NCCCN1CCOCC1)C2c1cccc([N+](=O)[O-])c1. The second-order valence-electron chi connectivity index (χ2n) is 11.5. The molecule has 10 nitrogen and oxygen atoms in total. The molecular weight excluding hydrogens is 510 g/mol. The third kappa shape index (κ3) is 6.18. The number of ether oxygens (including phenoxy) is 1. The molecule has 1 aliphatic carbocycles. The second-order valence-corrected chi connectivity index (χ2v) is 11.5. The van der Waals surface area contributed by atoms with Crippen molar-refractivity contribution in [3.63, 3.8) is 0 Å². The monoisotopic (exact) mass is 547 g/mol. The number of non-ortho nitro benzene ring substituents is 1. The number of Topliss-reactive ketones (excluding diaryl/α,β-unsaturated/α-hetero) is 1. The average molecular weight is 548 g/mol. The van der Waals surface area contributed by atoms with Gasteiger partial charge in [0.25, 0.3) is 5.69 Å². The van der Waals surface area contributed by atoms with Crippen LogP contribution in [0.4, 0.5) is 17.1 Å². The smallest absolute Gasteiger partial charge is 0.269 e. The minimum Gasteiger partial charge on any atom is -0.379 e. The Balaban J connectivity index is 1.48. The molecule has 5 rings (SSSR count). The fourth-order valence-corrected chi connectivity index (χ4v) is 5.95. The van der Waals surface area contributed by atoms with Crippen LogP contribution in [0.2, 0.25) is 0 Å². The number of nitro benzene ring substituents is 1. The molecule has 40 heavy (non-hydrogen) atoms. The van der Waals surface area contributed by atoms with Crippen LogP contribution in [0.15, 0.2) is 59.8 Å². The molecule has 3 aliphatic rings. The van der Waals surface area contributed by atoms with Crippen molar-refractivity contribution in [2.45, 2.75) is 39.2 Å². The van der Waals surface area contributed by atoms with Crippen LogP contribution in [0.1, 0.15) is 44.7 Å². The van der Waals surface area contributed by atoms with Crippen LogP contribution in [0.25, 0.3) is 0 Å². The summed E-state index contributed by atoms with van der Waals surface area (Å²) in [4.78, 5) is 42.6. The van der Waals surface area contributed by atoms with Crippen LogP contribution in [0.3, 0.4) is 0 Å². The fourth-order valence-electron chi connectivity index (χ4n) is 5.95. The number of hydrogen-bond acceptors (Lipinski definition) is 8. The van der Waals surface area contributed by atoms with Crippen molar-refractivity contribution >= 4 is 28.8 Å². The Morgan fingerprint density at radius 3 is 2.70 bits per heavy atom. The first-order valence-corrected chi connectivity index (χ1v) is 13.9. The number of fused-ring (bicyclic) bond motifs is 1. The Morgan fingerprint density at radius 2 is 1.93 bits per heavy atom. The number of nitro groups is 1. The highest BCUT2D eigenvalue weighted by Gasteiger charge is 2.42. The van der Waals surface area contributed by atoms with Crippen LogP contribution in [-0.4, -0.2) is 67.5 Å². The Bertz CT molecular complexity index is 1320. The summed E-state index contributed by atoms with van der Waals surface area (Å²) < 4.78 is 5.40. The zero-order valence-corrected chi connectivity index (χ0v) is 23.2. The van der Waals surface area contributed by atoms with Crippen molar-refractivity contribution in [2.75, 3.05) is 56.2 Å². The number of carbonyl (C=O) groups excluding carboxylic acids is 2. The number of rotatable bonds is 8. The van der Waals surface area contributed by atoms with Gasteiger partial charge in [-0.05, 0) is 42.5 Å². The van der Waals surface area contributed by atoms with E-state index in [1.165, 1.54) is 12.1 Å². The molecular formula is C30H37N5O5. The molecule has 2 heterocycles. The van der Waals surface area contributed by atoms with Crippen LogP contribution in [0.5, 0.6) is 0 Å². The quantitative estimate of drug-likeness (QED) is 0.289. The Kier molecular flexibility index (Phi) is 8.18. The third-order valence-corrected chi connectivity index (χ3v) is 7.79. The number of carbonyl (C=O) groups is 2. The number of hydrogen-bond donors (Lipinski definition) is 2. The molecule has 0 saturated carbocycles. The maximum Gasteiger partial charge on any atom is 0.269 e. The van der Waals surface area contributed by atoms with Gasteiger partial charge in [0, 0.05) is 49.5 Å². The molecule has 212 valence electrons. The first kappa shape index (κ1) is 27.8. The van der Waals surface area contributed by atoms with E-state index in [9.17, 15) is 19.7 Å². The van der Waals surface area contributed by atoms with Crippen LogP contribution < -0.4 is 15.5 Å². The van der Waals surface area contributed by atoms with Gasteiger partial charge in [-0.25, -0.2) is 0 Å². The van der Waals surface area contributed by atoms with Crippen LogP contribution in [-0.2, 0) is 14.3 Å². The minimum atomic E-state index is -0.659. The van der Waals surface area contributed by atoms with Crippen molar-refractivity contribution in [1.29, 1.82) is 0 Å². The summed E-state index contributed by atoms with van der Waals surface area (Å²) >= 11 is 0. The molecule has 2 N–H and O–H groups in total. The molecule has 1 fully saturated rings. The van der Waals surface area contributed by atoms with Crippen molar-refractivity contribution in [3.8, 4) is 0 Å². The third-order valence-electron chi connectivity index (χ3n) is 7.79. The summed E-state index contributed by atoms with van der Waals surface area (Å²) in [5.41, 5.74) is 3.25. The summed E-state index contributed by atoms with van der Waals surface area (Å²) in [6.07, 6.45) is 1.83.